The minimum absolute atomic E-state index is 0. The molecule has 0 radical (unpaired) electrons. The molecule has 1 aromatic heterocycles. The lowest BCUT2D eigenvalue weighted by Crippen LogP contribution is -2.47. The Morgan fingerprint density at radius 3 is 2.48 bits per heavy atom. The monoisotopic (exact) mass is 544 g/mol. The minimum atomic E-state index is -0.187. The molecule has 172 valence electrons. The van der Waals surface area contributed by atoms with Crippen molar-refractivity contribution in [2.24, 2.45) is 4.99 Å². The number of benzene rings is 1. The van der Waals surface area contributed by atoms with Gasteiger partial charge in [0.2, 0.25) is 0 Å². The molecule has 2 N–H and O–H groups in total. The first-order valence-electron chi connectivity index (χ1n) is 10.8. The van der Waals surface area contributed by atoms with E-state index in [0.29, 0.717) is 0 Å². The molecule has 0 amide bonds. The fraction of sp³-hybridized carbons (Fsp3) is 0.571. The summed E-state index contributed by atoms with van der Waals surface area (Å²) >= 11 is 0. The molecule has 0 atom stereocenters. The summed E-state index contributed by atoms with van der Waals surface area (Å²) in [6.07, 6.45) is 2.65. The lowest BCUT2D eigenvalue weighted by Gasteiger charge is -2.35. The summed E-state index contributed by atoms with van der Waals surface area (Å²) in [6.45, 7) is 12.1. The lowest BCUT2D eigenvalue weighted by atomic mass is 10.2. The molecule has 0 aliphatic carbocycles. The molecule has 1 aliphatic heterocycles. The Hall–Kier alpha value is -1.95. The zero-order valence-corrected chi connectivity index (χ0v) is 20.8. The number of hydrogen-bond donors (Lipinski definition) is 2. The van der Waals surface area contributed by atoms with Crippen LogP contribution < -0.4 is 15.5 Å². The third-order valence-electron chi connectivity index (χ3n) is 5.25. The fourth-order valence-corrected chi connectivity index (χ4v) is 3.56. The second-order valence-electron chi connectivity index (χ2n) is 7.29. The van der Waals surface area contributed by atoms with E-state index in [1.807, 2.05) is 12.1 Å². The van der Waals surface area contributed by atoms with Crippen molar-refractivity contribution in [3.05, 3.63) is 42.2 Å². The van der Waals surface area contributed by atoms with Crippen LogP contribution in [0.1, 0.15) is 19.7 Å². The van der Waals surface area contributed by atoms with Gasteiger partial charge in [-0.25, -0.2) is 4.39 Å². The van der Waals surface area contributed by atoms with E-state index < -0.39 is 0 Å². The number of piperazine rings is 1. The lowest BCUT2D eigenvalue weighted by molar-refractivity contribution is 0.265. The molecule has 0 bridgehead atoms. The van der Waals surface area contributed by atoms with Crippen LogP contribution in [0.5, 0.6) is 0 Å². The first kappa shape index (κ1) is 25.3. The average Bonchev–Trinajstić information content (AvgIpc) is 3.22. The highest BCUT2D eigenvalue weighted by Crippen LogP contribution is 2.16. The van der Waals surface area contributed by atoms with Crippen molar-refractivity contribution < 1.29 is 4.39 Å². The van der Waals surface area contributed by atoms with Crippen LogP contribution in [-0.2, 0) is 13.0 Å². The van der Waals surface area contributed by atoms with Crippen LogP contribution >= 0.6 is 24.0 Å². The number of guanidine groups is 1. The third kappa shape index (κ3) is 7.91. The van der Waals surface area contributed by atoms with Gasteiger partial charge in [-0.05, 0) is 31.2 Å². The summed E-state index contributed by atoms with van der Waals surface area (Å²) in [5.41, 5.74) is 1.09. The molecule has 1 fully saturated rings. The van der Waals surface area contributed by atoms with Crippen LogP contribution in [0.3, 0.4) is 0 Å². The summed E-state index contributed by atoms with van der Waals surface area (Å²) in [7, 11) is 0. The Labute approximate surface area is 201 Å². The number of nitrogens with zero attached hydrogens (tertiary/aromatic N) is 6. The topological polar surface area (TPSA) is 73.6 Å². The molecule has 1 saturated heterocycles. The molecule has 0 unspecified atom stereocenters. The predicted molar refractivity (Wildman–Crippen MR) is 134 cm³/mol. The zero-order valence-electron chi connectivity index (χ0n) is 18.4. The van der Waals surface area contributed by atoms with E-state index in [2.05, 4.69) is 49.0 Å². The van der Waals surface area contributed by atoms with Crippen molar-refractivity contribution in [2.45, 2.75) is 26.8 Å². The van der Waals surface area contributed by atoms with Gasteiger partial charge in [0.05, 0.1) is 6.54 Å². The summed E-state index contributed by atoms with van der Waals surface area (Å²) in [6, 6.07) is 6.76. The molecule has 10 heteroatoms. The van der Waals surface area contributed by atoms with Gasteiger partial charge in [-0.2, -0.15) is 0 Å². The number of halogens is 2. The van der Waals surface area contributed by atoms with Crippen LogP contribution in [0.4, 0.5) is 10.1 Å². The van der Waals surface area contributed by atoms with Crippen LogP contribution in [0.2, 0.25) is 0 Å². The number of aryl methyl sites for hydroxylation is 1. The van der Waals surface area contributed by atoms with Gasteiger partial charge < -0.3 is 20.1 Å². The Bertz CT molecular complexity index is 787. The second kappa shape index (κ2) is 13.5. The maximum absolute atomic E-state index is 13.1. The van der Waals surface area contributed by atoms with E-state index in [-0.39, 0.29) is 29.8 Å². The Morgan fingerprint density at radius 1 is 1.06 bits per heavy atom. The van der Waals surface area contributed by atoms with Gasteiger partial charge in [0, 0.05) is 64.5 Å². The molecule has 2 aromatic rings. The third-order valence-corrected chi connectivity index (χ3v) is 5.25. The molecule has 31 heavy (non-hydrogen) atoms. The molecule has 0 saturated carbocycles. The standard InChI is InChI=1S/C21H33FN8.HI/c1-3-20-27-26-17-30(20)12-10-25-21(23-4-2)24-9-11-28-13-15-29(16-14-28)19-7-5-18(22)6-8-19;/h5-8,17H,3-4,9-16H2,1-2H3,(H2,23,24,25);1H. The molecule has 1 aliphatic rings. The molecule has 8 nitrogen and oxygen atoms in total. The molecular weight excluding hydrogens is 510 g/mol. The highest BCUT2D eigenvalue weighted by atomic mass is 127. The number of anilines is 1. The number of aromatic nitrogens is 3. The quantitative estimate of drug-likeness (QED) is 0.286. The van der Waals surface area contributed by atoms with Gasteiger partial charge in [0.1, 0.15) is 18.0 Å². The minimum Gasteiger partial charge on any atom is -0.369 e. The highest BCUT2D eigenvalue weighted by Gasteiger charge is 2.16. The van der Waals surface area contributed by atoms with Gasteiger partial charge in [-0.3, -0.25) is 9.89 Å². The largest absolute Gasteiger partial charge is 0.369 e. The maximum atomic E-state index is 13.1. The summed E-state index contributed by atoms with van der Waals surface area (Å²) in [5, 5.41) is 14.8. The van der Waals surface area contributed by atoms with Crippen molar-refractivity contribution in [2.75, 3.05) is 57.3 Å². The van der Waals surface area contributed by atoms with Gasteiger partial charge in [0.25, 0.3) is 0 Å². The van der Waals surface area contributed by atoms with E-state index in [1.54, 1.807) is 6.33 Å². The number of rotatable bonds is 9. The Kier molecular flexibility index (Phi) is 11.0. The van der Waals surface area contributed by atoms with Gasteiger partial charge >= 0.3 is 0 Å². The Morgan fingerprint density at radius 2 is 1.81 bits per heavy atom. The van der Waals surface area contributed by atoms with Gasteiger partial charge in [-0.15, -0.1) is 34.2 Å². The normalized spacial score (nSPS) is 14.9. The summed E-state index contributed by atoms with van der Waals surface area (Å²) < 4.78 is 15.2. The second-order valence-corrected chi connectivity index (χ2v) is 7.29. The van der Waals surface area contributed by atoms with Crippen LogP contribution in [0, 0.1) is 5.82 Å². The fourth-order valence-electron chi connectivity index (χ4n) is 3.56. The summed E-state index contributed by atoms with van der Waals surface area (Å²) in [4.78, 5) is 9.45. The molecule has 3 rings (SSSR count). The van der Waals surface area contributed by atoms with Crippen LogP contribution in [-0.4, -0.2) is 78.0 Å². The number of hydrogen-bond acceptors (Lipinski definition) is 5. The zero-order chi connectivity index (χ0) is 21.2. The first-order chi connectivity index (χ1) is 14.7. The van der Waals surface area contributed by atoms with E-state index in [9.17, 15) is 4.39 Å². The number of nitrogens with one attached hydrogen (secondary N) is 2. The maximum Gasteiger partial charge on any atom is 0.191 e. The van der Waals surface area contributed by atoms with Crippen LogP contribution in [0.15, 0.2) is 35.6 Å². The molecular formula is C21H34FIN8. The van der Waals surface area contributed by atoms with Gasteiger partial charge in [0.15, 0.2) is 5.96 Å². The van der Waals surface area contributed by atoms with E-state index in [4.69, 9.17) is 4.99 Å². The van der Waals surface area contributed by atoms with Crippen molar-refractivity contribution in [3.8, 4) is 0 Å². The van der Waals surface area contributed by atoms with Gasteiger partial charge in [-0.1, -0.05) is 6.92 Å². The average molecular weight is 544 g/mol. The van der Waals surface area contributed by atoms with Crippen LogP contribution in [0.25, 0.3) is 0 Å². The van der Waals surface area contributed by atoms with E-state index in [1.165, 1.54) is 12.1 Å². The molecule has 1 aromatic carbocycles. The smallest absolute Gasteiger partial charge is 0.191 e. The highest BCUT2D eigenvalue weighted by molar-refractivity contribution is 14.0. The van der Waals surface area contributed by atoms with Crippen molar-refractivity contribution in [3.63, 3.8) is 0 Å². The van der Waals surface area contributed by atoms with Crippen molar-refractivity contribution >= 4 is 35.6 Å². The number of aliphatic imine (C=N–C) groups is 1. The van der Waals surface area contributed by atoms with E-state index in [0.717, 1.165) is 82.8 Å². The van der Waals surface area contributed by atoms with Crippen molar-refractivity contribution in [1.82, 2.24) is 30.3 Å². The first-order valence-corrected chi connectivity index (χ1v) is 10.8. The van der Waals surface area contributed by atoms with Crippen molar-refractivity contribution in [1.29, 1.82) is 0 Å². The molecule has 0 spiro atoms. The van der Waals surface area contributed by atoms with E-state index >= 15 is 0 Å². The predicted octanol–water partition coefficient (Wildman–Crippen LogP) is 1.97. The Balaban J connectivity index is 0.00000341. The molecule has 2 heterocycles. The SMILES string of the molecule is CCNC(=NCCN1CCN(c2ccc(F)cc2)CC1)NCCn1cnnc1CC.I. The summed E-state index contributed by atoms with van der Waals surface area (Å²) in [5.74, 6) is 1.65.